The smallest absolute Gasteiger partial charge is 0.301 e. The van der Waals surface area contributed by atoms with Gasteiger partial charge in [0.1, 0.15) is 5.65 Å². The highest BCUT2D eigenvalue weighted by molar-refractivity contribution is 7.90. The third-order valence-corrected chi connectivity index (χ3v) is 5.88. The summed E-state index contributed by atoms with van der Waals surface area (Å²) in [6.45, 7) is 2.67. The van der Waals surface area contributed by atoms with E-state index in [0.29, 0.717) is 16.1 Å². The van der Waals surface area contributed by atoms with Gasteiger partial charge in [0.15, 0.2) is 11.6 Å². The van der Waals surface area contributed by atoms with E-state index < -0.39 is 27.4 Å². The number of anilines is 1. The Labute approximate surface area is 177 Å². The van der Waals surface area contributed by atoms with Crippen LogP contribution in [0.15, 0.2) is 36.7 Å². The molecule has 0 bridgehead atoms. The van der Waals surface area contributed by atoms with Crippen LogP contribution in [0.3, 0.4) is 0 Å². The zero-order valence-electron chi connectivity index (χ0n) is 16.4. The third kappa shape index (κ3) is 4.62. The number of hydrogen-bond donors (Lipinski definition) is 3. The molecule has 3 N–H and O–H groups in total. The molecule has 0 aliphatic heterocycles. The minimum Gasteiger partial charge on any atom is -0.389 e. The van der Waals surface area contributed by atoms with Crippen molar-refractivity contribution in [3.05, 3.63) is 58.6 Å². The van der Waals surface area contributed by atoms with Gasteiger partial charge in [-0.3, -0.25) is 9.52 Å². The number of H-pyrrole nitrogens is 1. The lowest BCUT2D eigenvalue weighted by molar-refractivity contribution is 0.0641. The van der Waals surface area contributed by atoms with Gasteiger partial charge >= 0.3 is 10.2 Å². The molecule has 0 fully saturated rings. The maximum atomic E-state index is 15.1. The first-order valence-corrected chi connectivity index (χ1v) is 10.6. The Morgan fingerprint density at radius 3 is 2.73 bits per heavy atom. The number of nitrogens with one attached hydrogen (secondary N) is 2. The maximum absolute atomic E-state index is 15.1. The Kier molecular flexibility index (Phi) is 5.87. The summed E-state index contributed by atoms with van der Waals surface area (Å²) >= 11 is 5.94. The molecule has 0 unspecified atom stereocenters. The zero-order valence-corrected chi connectivity index (χ0v) is 18.0. The fraction of sp³-hybridized carbons (Fsp3) is 0.263. The number of rotatable bonds is 7. The second kappa shape index (κ2) is 7.95. The average Bonchev–Trinajstić information content (AvgIpc) is 3.04. The number of halogens is 2. The molecule has 11 heteroatoms. The number of aromatic nitrogens is 2. The van der Waals surface area contributed by atoms with Crippen molar-refractivity contribution in [1.82, 2.24) is 14.3 Å². The van der Waals surface area contributed by atoms with Crippen LogP contribution in [0.4, 0.5) is 10.1 Å². The number of aromatic amines is 1. The van der Waals surface area contributed by atoms with E-state index >= 15 is 4.39 Å². The number of pyridine rings is 1. The molecule has 8 nitrogen and oxygen atoms in total. The number of benzene rings is 1. The van der Waals surface area contributed by atoms with Gasteiger partial charge in [0.2, 0.25) is 0 Å². The van der Waals surface area contributed by atoms with Gasteiger partial charge in [0.05, 0.1) is 21.9 Å². The average molecular weight is 455 g/mol. The Bertz CT molecular complexity index is 1220. The normalized spacial score (nSPS) is 12.5. The molecule has 2 heterocycles. The molecule has 2 aromatic heterocycles. The Hall–Kier alpha value is -2.53. The van der Waals surface area contributed by atoms with Crippen LogP contribution >= 0.6 is 11.6 Å². The Balaban J connectivity index is 1.95. The van der Waals surface area contributed by atoms with Gasteiger partial charge in [-0.2, -0.15) is 12.7 Å². The number of fused-ring (bicyclic) bond motifs is 1. The minimum atomic E-state index is -4.17. The number of carbonyl (C=O) groups is 1. The molecule has 0 amide bonds. The van der Waals surface area contributed by atoms with Crippen molar-refractivity contribution >= 4 is 44.3 Å². The van der Waals surface area contributed by atoms with Gasteiger partial charge in [-0.15, -0.1) is 0 Å². The second-order valence-electron chi connectivity index (χ2n) is 7.42. The summed E-state index contributed by atoms with van der Waals surface area (Å²) in [5.74, 6) is -1.68. The highest BCUT2D eigenvalue weighted by Crippen LogP contribution is 2.26. The van der Waals surface area contributed by atoms with Crippen LogP contribution in [-0.4, -0.2) is 52.8 Å². The van der Waals surface area contributed by atoms with Crippen molar-refractivity contribution in [2.75, 3.05) is 18.3 Å². The first-order chi connectivity index (χ1) is 13.9. The zero-order chi connectivity index (χ0) is 22.3. The van der Waals surface area contributed by atoms with Crippen LogP contribution in [0.5, 0.6) is 0 Å². The van der Waals surface area contributed by atoms with E-state index in [4.69, 9.17) is 11.6 Å². The van der Waals surface area contributed by atoms with Gasteiger partial charge in [-0.25, -0.2) is 9.37 Å². The summed E-state index contributed by atoms with van der Waals surface area (Å²) in [5.41, 5.74) is -1.43. The summed E-state index contributed by atoms with van der Waals surface area (Å²) in [5, 5.41) is 10.6. The van der Waals surface area contributed by atoms with E-state index in [9.17, 15) is 18.3 Å². The van der Waals surface area contributed by atoms with Gasteiger partial charge in [-0.1, -0.05) is 17.7 Å². The molecular formula is C19H20ClFN4O4S. The van der Waals surface area contributed by atoms with E-state index in [2.05, 4.69) is 14.7 Å². The van der Waals surface area contributed by atoms with Crippen LogP contribution in [0.25, 0.3) is 11.0 Å². The van der Waals surface area contributed by atoms with E-state index in [1.807, 2.05) is 0 Å². The lowest BCUT2D eigenvalue weighted by Gasteiger charge is -2.25. The van der Waals surface area contributed by atoms with Gasteiger partial charge < -0.3 is 10.1 Å². The SMILES string of the molecule is CN(CC(C)(C)O)S(=O)(=O)Nc1cccc(C(=O)c2c[nH]c3ncc(Cl)cc23)c1F. The lowest BCUT2D eigenvalue weighted by Crippen LogP contribution is -2.42. The number of likely N-dealkylation sites (N-methyl/N-ethyl adjacent to an activating group) is 1. The summed E-state index contributed by atoms with van der Waals surface area (Å²) in [6, 6.07) is 5.36. The third-order valence-electron chi connectivity index (χ3n) is 4.24. The molecule has 0 saturated carbocycles. The molecule has 160 valence electrons. The number of carbonyl (C=O) groups excluding carboxylic acids is 1. The highest BCUT2D eigenvalue weighted by atomic mass is 35.5. The van der Waals surface area contributed by atoms with E-state index in [1.54, 1.807) is 0 Å². The van der Waals surface area contributed by atoms with Crippen molar-refractivity contribution in [2.24, 2.45) is 0 Å². The van der Waals surface area contributed by atoms with Crippen molar-refractivity contribution in [1.29, 1.82) is 0 Å². The van der Waals surface area contributed by atoms with Crippen LogP contribution < -0.4 is 4.72 Å². The quantitative estimate of drug-likeness (QED) is 0.475. The van der Waals surface area contributed by atoms with Crippen LogP contribution in [0, 0.1) is 5.82 Å². The fourth-order valence-corrected chi connectivity index (χ4v) is 4.18. The molecule has 3 rings (SSSR count). The molecule has 0 aliphatic carbocycles. The molecule has 0 radical (unpaired) electrons. The fourth-order valence-electron chi connectivity index (χ4n) is 2.94. The van der Waals surface area contributed by atoms with Crippen molar-refractivity contribution in [2.45, 2.75) is 19.4 Å². The monoisotopic (exact) mass is 454 g/mol. The van der Waals surface area contributed by atoms with Crippen LogP contribution in [-0.2, 0) is 10.2 Å². The molecule has 0 atom stereocenters. The molecule has 0 spiro atoms. The number of ketones is 1. The predicted molar refractivity (Wildman–Crippen MR) is 112 cm³/mol. The standard InChI is InChI=1S/C19H20ClFN4O4S/c1-19(2,27)10-25(3)30(28,29)24-15-6-4-5-12(16(15)21)17(26)14-9-23-18-13(14)7-11(20)8-22-18/h4-9,24,27H,10H2,1-3H3,(H,22,23). The maximum Gasteiger partial charge on any atom is 0.301 e. The lowest BCUT2D eigenvalue weighted by atomic mass is 10.0. The summed E-state index contributed by atoms with van der Waals surface area (Å²) in [6.07, 6.45) is 2.80. The molecule has 0 saturated heterocycles. The summed E-state index contributed by atoms with van der Waals surface area (Å²) in [7, 11) is -2.92. The Morgan fingerprint density at radius 2 is 2.07 bits per heavy atom. The Morgan fingerprint density at radius 1 is 1.37 bits per heavy atom. The number of hydrogen-bond acceptors (Lipinski definition) is 5. The molecule has 3 aromatic rings. The predicted octanol–water partition coefficient (Wildman–Crippen LogP) is 2.95. The van der Waals surface area contributed by atoms with Crippen molar-refractivity contribution < 1.29 is 22.7 Å². The second-order valence-corrected chi connectivity index (χ2v) is 9.64. The van der Waals surface area contributed by atoms with E-state index in [-0.39, 0.29) is 23.4 Å². The largest absolute Gasteiger partial charge is 0.389 e. The summed E-state index contributed by atoms with van der Waals surface area (Å²) in [4.78, 5) is 19.8. The first-order valence-electron chi connectivity index (χ1n) is 8.81. The van der Waals surface area contributed by atoms with Crippen molar-refractivity contribution in [3.8, 4) is 0 Å². The molecule has 1 aromatic carbocycles. The van der Waals surface area contributed by atoms with Gasteiger partial charge in [-0.05, 0) is 32.0 Å². The van der Waals surface area contributed by atoms with E-state index in [1.165, 1.54) is 57.6 Å². The minimum absolute atomic E-state index is 0.151. The van der Waals surface area contributed by atoms with Crippen molar-refractivity contribution in [3.63, 3.8) is 0 Å². The van der Waals surface area contributed by atoms with Gasteiger partial charge in [0, 0.05) is 36.9 Å². The molecule has 30 heavy (non-hydrogen) atoms. The molecule has 0 aliphatic rings. The number of aliphatic hydroxyl groups is 1. The van der Waals surface area contributed by atoms with Crippen LogP contribution in [0.1, 0.15) is 29.8 Å². The van der Waals surface area contributed by atoms with Crippen LogP contribution in [0.2, 0.25) is 5.02 Å². The topological polar surface area (TPSA) is 115 Å². The summed E-state index contributed by atoms with van der Waals surface area (Å²) < 4.78 is 43.0. The molecular weight excluding hydrogens is 435 g/mol. The highest BCUT2D eigenvalue weighted by Gasteiger charge is 2.27. The first kappa shape index (κ1) is 22.2. The number of nitrogens with zero attached hydrogens (tertiary/aromatic N) is 2. The van der Waals surface area contributed by atoms with Gasteiger partial charge in [0.25, 0.3) is 0 Å². The van der Waals surface area contributed by atoms with E-state index in [0.717, 1.165) is 4.31 Å².